The van der Waals surface area contributed by atoms with Gasteiger partial charge >= 0.3 is 6.18 Å². The summed E-state index contributed by atoms with van der Waals surface area (Å²) >= 11 is 4.76. The first kappa shape index (κ1) is 13.7. The first-order chi connectivity index (χ1) is 7.70. The normalized spacial score (nSPS) is 11.4. The van der Waals surface area contributed by atoms with E-state index in [-0.39, 0.29) is 16.4 Å². The number of nitrogens with two attached hydrogens (primary N) is 1. The molecule has 1 heterocycles. The monoisotopic (exact) mass is 264 g/mol. The largest absolute Gasteiger partial charge is 0.467 e. The van der Waals surface area contributed by atoms with E-state index in [4.69, 9.17) is 18.0 Å². The molecule has 1 aromatic heterocycles. The van der Waals surface area contributed by atoms with Gasteiger partial charge in [-0.05, 0) is 25.5 Å². The lowest BCUT2D eigenvalue weighted by Crippen LogP contribution is -2.22. The van der Waals surface area contributed by atoms with Gasteiger partial charge in [-0.15, -0.1) is 0 Å². The van der Waals surface area contributed by atoms with Crippen molar-refractivity contribution in [2.24, 2.45) is 5.73 Å². The average Bonchev–Trinajstić information content (AvgIpc) is 2.11. The van der Waals surface area contributed by atoms with Gasteiger partial charge in [0.05, 0.1) is 5.56 Å². The lowest BCUT2D eigenvalue weighted by atomic mass is 10.1. The maximum atomic E-state index is 12.1. The minimum atomic E-state index is -4.42. The number of hydrogen-bond acceptors (Lipinski definition) is 3. The van der Waals surface area contributed by atoms with Crippen molar-refractivity contribution in [3.8, 4) is 5.88 Å². The summed E-state index contributed by atoms with van der Waals surface area (Å²) in [6, 6.07) is 1.68. The van der Waals surface area contributed by atoms with Crippen molar-refractivity contribution < 1.29 is 17.9 Å². The number of aryl methyl sites for hydroxylation is 2. The number of halogens is 3. The van der Waals surface area contributed by atoms with Crippen LogP contribution in [0.1, 0.15) is 16.8 Å². The van der Waals surface area contributed by atoms with Crippen LogP contribution in [0.15, 0.2) is 6.07 Å². The molecule has 0 spiro atoms. The van der Waals surface area contributed by atoms with Gasteiger partial charge in [-0.25, -0.2) is 4.98 Å². The third-order valence-electron chi connectivity index (χ3n) is 1.93. The molecule has 0 unspecified atom stereocenters. The topological polar surface area (TPSA) is 48.1 Å². The van der Waals surface area contributed by atoms with Crippen molar-refractivity contribution in [3.63, 3.8) is 0 Å². The standard InChI is InChI=1S/C10H11F3N2OS/c1-5-3-6(2)15-9(7(5)8(14)17)16-4-10(11,12)13/h3H,4H2,1-2H3,(H2,14,17). The van der Waals surface area contributed by atoms with E-state index in [1.54, 1.807) is 19.9 Å². The fraction of sp³-hybridized carbons (Fsp3) is 0.400. The Morgan fingerprint density at radius 3 is 2.53 bits per heavy atom. The molecule has 7 heteroatoms. The molecular weight excluding hydrogens is 253 g/mol. The minimum absolute atomic E-state index is 0.0350. The second kappa shape index (κ2) is 4.87. The fourth-order valence-corrected chi connectivity index (χ4v) is 1.61. The Morgan fingerprint density at radius 2 is 2.06 bits per heavy atom. The molecule has 0 aliphatic heterocycles. The Bertz CT molecular complexity index is 446. The zero-order valence-electron chi connectivity index (χ0n) is 9.26. The second-order valence-corrected chi connectivity index (χ2v) is 3.97. The van der Waals surface area contributed by atoms with Crippen LogP contribution in [0.4, 0.5) is 13.2 Å². The van der Waals surface area contributed by atoms with Gasteiger partial charge in [-0.1, -0.05) is 12.2 Å². The number of thiocarbonyl (C=S) groups is 1. The Hall–Kier alpha value is -1.37. The predicted octanol–water partition coefficient (Wildman–Crippen LogP) is 2.27. The van der Waals surface area contributed by atoms with Crippen molar-refractivity contribution >= 4 is 17.2 Å². The third kappa shape index (κ3) is 3.85. The number of rotatable bonds is 3. The Morgan fingerprint density at radius 1 is 1.47 bits per heavy atom. The van der Waals surface area contributed by atoms with Crippen LogP contribution in [0.5, 0.6) is 5.88 Å². The molecular formula is C10H11F3N2OS. The molecule has 2 N–H and O–H groups in total. The summed E-state index contributed by atoms with van der Waals surface area (Å²) in [5.74, 6) is -0.174. The number of aromatic nitrogens is 1. The minimum Gasteiger partial charge on any atom is -0.467 e. The van der Waals surface area contributed by atoms with Crippen LogP contribution < -0.4 is 10.5 Å². The molecule has 0 saturated carbocycles. The summed E-state index contributed by atoms with van der Waals surface area (Å²) in [5.41, 5.74) is 6.86. The number of hydrogen-bond donors (Lipinski definition) is 1. The summed E-state index contributed by atoms with van der Waals surface area (Å²) in [7, 11) is 0. The quantitative estimate of drug-likeness (QED) is 0.851. The lowest BCUT2D eigenvalue weighted by molar-refractivity contribution is -0.154. The molecule has 0 radical (unpaired) electrons. The van der Waals surface area contributed by atoms with E-state index >= 15 is 0 Å². The summed E-state index contributed by atoms with van der Waals surface area (Å²) < 4.78 is 40.8. The molecule has 17 heavy (non-hydrogen) atoms. The fourth-order valence-electron chi connectivity index (χ4n) is 1.36. The maximum absolute atomic E-state index is 12.1. The number of nitrogens with zero attached hydrogens (tertiary/aromatic N) is 1. The predicted molar refractivity (Wildman–Crippen MR) is 61.1 cm³/mol. The van der Waals surface area contributed by atoms with Crippen LogP contribution in [-0.2, 0) is 0 Å². The van der Waals surface area contributed by atoms with Gasteiger partial charge in [-0.2, -0.15) is 13.2 Å². The third-order valence-corrected chi connectivity index (χ3v) is 2.13. The van der Waals surface area contributed by atoms with Crippen molar-refractivity contribution in [2.45, 2.75) is 20.0 Å². The van der Waals surface area contributed by atoms with Gasteiger partial charge in [-0.3, -0.25) is 0 Å². The van der Waals surface area contributed by atoms with E-state index in [2.05, 4.69) is 9.72 Å². The van der Waals surface area contributed by atoms with E-state index in [1.807, 2.05) is 0 Å². The van der Waals surface area contributed by atoms with Crippen molar-refractivity contribution in [3.05, 3.63) is 22.9 Å². The summed E-state index contributed by atoms with van der Waals surface area (Å²) in [5, 5.41) is 0. The maximum Gasteiger partial charge on any atom is 0.422 e. The van der Waals surface area contributed by atoms with Gasteiger partial charge < -0.3 is 10.5 Å². The Balaban J connectivity index is 3.09. The molecule has 0 aromatic carbocycles. The lowest BCUT2D eigenvalue weighted by Gasteiger charge is -2.14. The van der Waals surface area contributed by atoms with E-state index < -0.39 is 12.8 Å². The summed E-state index contributed by atoms with van der Waals surface area (Å²) in [4.78, 5) is 3.83. The first-order valence-electron chi connectivity index (χ1n) is 4.68. The van der Waals surface area contributed by atoms with Gasteiger partial charge in [0.15, 0.2) is 6.61 Å². The molecule has 0 aliphatic carbocycles. The summed E-state index contributed by atoms with van der Waals surface area (Å²) in [6.07, 6.45) is -4.42. The summed E-state index contributed by atoms with van der Waals surface area (Å²) in [6.45, 7) is 1.92. The van der Waals surface area contributed by atoms with Crippen LogP contribution in [0, 0.1) is 13.8 Å². The van der Waals surface area contributed by atoms with Gasteiger partial charge in [0, 0.05) is 5.69 Å². The van der Waals surface area contributed by atoms with E-state index in [1.165, 1.54) is 0 Å². The average molecular weight is 264 g/mol. The van der Waals surface area contributed by atoms with Crippen LogP contribution in [0.2, 0.25) is 0 Å². The zero-order valence-corrected chi connectivity index (χ0v) is 10.1. The van der Waals surface area contributed by atoms with E-state index in [0.29, 0.717) is 11.3 Å². The molecule has 0 atom stereocenters. The molecule has 1 aromatic rings. The van der Waals surface area contributed by atoms with Crippen LogP contribution >= 0.6 is 12.2 Å². The van der Waals surface area contributed by atoms with Gasteiger partial charge in [0.25, 0.3) is 0 Å². The highest BCUT2D eigenvalue weighted by atomic mass is 32.1. The molecule has 1 rings (SSSR count). The van der Waals surface area contributed by atoms with Crippen molar-refractivity contribution in [1.29, 1.82) is 0 Å². The number of pyridine rings is 1. The Kier molecular flexibility index (Phi) is 3.92. The molecule has 3 nitrogen and oxygen atoms in total. The van der Waals surface area contributed by atoms with Gasteiger partial charge in [0.2, 0.25) is 5.88 Å². The number of ether oxygens (including phenoxy) is 1. The van der Waals surface area contributed by atoms with Crippen molar-refractivity contribution in [2.75, 3.05) is 6.61 Å². The van der Waals surface area contributed by atoms with Crippen molar-refractivity contribution in [1.82, 2.24) is 4.98 Å². The SMILES string of the molecule is Cc1cc(C)c(C(N)=S)c(OCC(F)(F)F)n1. The highest BCUT2D eigenvalue weighted by Crippen LogP contribution is 2.23. The molecule has 94 valence electrons. The Labute approximate surface area is 102 Å². The molecule has 0 saturated heterocycles. The molecule has 0 amide bonds. The zero-order chi connectivity index (χ0) is 13.2. The van der Waals surface area contributed by atoms with E-state index in [9.17, 15) is 13.2 Å². The number of alkyl halides is 3. The van der Waals surface area contributed by atoms with Crippen LogP contribution in [0.25, 0.3) is 0 Å². The highest BCUT2D eigenvalue weighted by molar-refractivity contribution is 7.80. The van der Waals surface area contributed by atoms with Crippen LogP contribution in [-0.4, -0.2) is 22.8 Å². The second-order valence-electron chi connectivity index (χ2n) is 3.53. The smallest absolute Gasteiger partial charge is 0.422 e. The van der Waals surface area contributed by atoms with Crippen LogP contribution in [0.3, 0.4) is 0 Å². The molecule has 0 aliphatic rings. The first-order valence-corrected chi connectivity index (χ1v) is 5.09. The molecule has 0 bridgehead atoms. The molecule has 0 fully saturated rings. The van der Waals surface area contributed by atoms with Gasteiger partial charge in [0.1, 0.15) is 4.99 Å². The van der Waals surface area contributed by atoms with E-state index in [0.717, 1.165) is 0 Å². The highest BCUT2D eigenvalue weighted by Gasteiger charge is 2.29.